The van der Waals surface area contributed by atoms with Crippen LogP contribution < -0.4 is 0 Å². The Kier molecular flexibility index (Phi) is 35.0. The average Bonchev–Trinajstić information content (AvgIpc) is 3.24. The van der Waals surface area contributed by atoms with Gasteiger partial charge in [-0.3, -0.25) is 14.4 Å². The number of unbranched alkanes of at least 4 members (excludes halogenated alkanes) is 6. The first-order chi connectivity index (χ1) is 16.7. The van der Waals surface area contributed by atoms with Crippen molar-refractivity contribution >= 4 is 44.9 Å². The molecule has 0 amide bonds. The number of ether oxygens (including phenoxy) is 1. The van der Waals surface area contributed by atoms with Gasteiger partial charge in [0.1, 0.15) is 0 Å². The van der Waals surface area contributed by atoms with Crippen molar-refractivity contribution in [2.24, 2.45) is 17.8 Å². The van der Waals surface area contributed by atoms with Crippen molar-refractivity contribution in [1.29, 1.82) is 0 Å². The maximum absolute atomic E-state index is 11.0. The molecule has 0 aliphatic carbocycles. The van der Waals surface area contributed by atoms with Gasteiger partial charge in [-0.2, -0.15) is 27.0 Å². The SMILES string of the molecule is C=CCCCC[C@@H]1CCOC1=O.C=CCCCC[C@H](C)C(=O)O.C=CCCCC[C@H](CC)C(=O)O.S.S. The molecule has 218 valence electrons. The van der Waals surface area contributed by atoms with E-state index in [1.165, 1.54) is 0 Å². The van der Waals surface area contributed by atoms with Gasteiger partial charge in [-0.05, 0) is 70.6 Å². The van der Waals surface area contributed by atoms with Crippen molar-refractivity contribution in [2.75, 3.05) is 6.61 Å². The summed E-state index contributed by atoms with van der Waals surface area (Å²) in [5.74, 6) is -1.49. The van der Waals surface area contributed by atoms with Crippen LogP contribution in [0.2, 0.25) is 0 Å². The number of cyclic esters (lactones) is 1. The lowest BCUT2D eigenvalue weighted by Gasteiger charge is -2.07. The van der Waals surface area contributed by atoms with Crippen LogP contribution >= 0.6 is 27.0 Å². The van der Waals surface area contributed by atoms with Crippen molar-refractivity contribution < 1.29 is 29.3 Å². The lowest BCUT2D eigenvalue weighted by Crippen LogP contribution is -2.12. The predicted octanol–water partition coefficient (Wildman–Crippen LogP) is 7.82. The Balaban J connectivity index is -0.000000215. The number of esters is 1. The fourth-order valence-corrected chi connectivity index (χ4v) is 3.52. The minimum absolute atomic E-state index is 0. The second-order valence-corrected chi connectivity index (χ2v) is 9.06. The molecule has 1 heterocycles. The number of carbonyl (C=O) groups is 3. The number of hydrogen-bond donors (Lipinski definition) is 2. The summed E-state index contributed by atoms with van der Waals surface area (Å²) in [4.78, 5) is 31.9. The summed E-state index contributed by atoms with van der Waals surface area (Å²) in [6.45, 7) is 15.2. The second-order valence-electron chi connectivity index (χ2n) is 9.06. The standard InChI is InChI=1S/C10H16O2.C10H18O2.C9H16O2.2H2S/c1-2-3-4-5-6-9-7-8-12-10(9)11;1-3-5-6-7-8-9(4-2)10(11)12;1-3-4-5-6-7-8(2)9(10)11;;/h2,9H,1,3-8H2;3,9H,1,4-8H2,2H3,(H,11,12);3,8H,1,4-7H2,2H3,(H,10,11);2*1H2/t2*9-;8-;;/m100../s1. The number of aliphatic carboxylic acids is 2. The van der Waals surface area contributed by atoms with Crippen LogP contribution in [0.15, 0.2) is 38.0 Å². The molecule has 1 saturated heterocycles. The average molecular weight is 563 g/mol. The molecule has 0 aromatic heterocycles. The van der Waals surface area contributed by atoms with Crippen LogP contribution in [-0.2, 0) is 19.1 Å². The molecule has 1 rings (SSSR count). The first-order valence-corrected chi connectivity index (χ1v) is 13.2. The van der Waals surface area contributed by atoms with Crippen LogP contribution in [0.4, 0.5) is 0 Å². The van der Waals surface area contributed by atoms with Gasteiger partial charge in [-0.15, -0.1) is 19.7 Å². The van der Waals surface area contributed by atoms with Gasteiger partial charge in [0.2, 0.25) is 0 Å². The number of hydrogen-bond acceptors (Lipinski definition) is 4. The maximum Gasteiger partial charge on any atom is 0.309 e. The third kappa shape index (κ3) is 27.2. The number of rotatable bonds is 18. The van der Waals surface area contributed by atoms with Crippen LogP contribution in [0.3, 0.4) is 0 Å². The quantitative estimate of drug-likeness (QED) is 0.100. The number of carbonyl (C=O) groups excluding carboxylic acids is 1. The first kappa shape index (κ1) is 42.4. The van der Waals surface area contributed by atoms with E-state index in [1.807, 2.05) is 25.2 Å². The summed E-state index contributed by atoms with van der Waals surface area (Å²) in [6, 6.07) is 0. The number of carboxylic acids is 2. The Morgan fingerprint density at radius 1 is 0.892 bits per heavy atom. The molecule has 6 nitrogen and oxygen atoms in total. The smallest absolute Gasteiger partial charge is 0.309 e. The van der Waals surface area contributed by atoms with Crippen LogP contribution in [0.25, 0.3) is 0 Å². The Hall–Kier alpha value is -1.67. The largest absolute Gasteiger partial charge is 0.481 e. The monoisotopic (exact) mass is 562 g/mol. The first-order valence-electron chi connectivity index (χ1n) is 13.2. The molecule has 8 heteroatoms. The van der Waals surface area contributed by atoms with Crippen LogP contribution in [0.1, 0.15) is 104 Å². The van der Waals surface area contributed by atoms with Crippen molar-refractivity contribution in [3.8, 4) is 0 Å². The molecule has 1 fully saturated rings. The van der Waals surface area contributed by atoms with Gasteiger partial charge in [0.25, 0.3) is 0 Å². The molecular weight excluding hydrogens is 508 g/mol. The van der Waals surface area contributed by atoms with E-state index in [0.29, 0.717) is 6.61 Å². The summed E-state index contributed by atoms with van der Waals surface area (Å²) in [5, 5.41) is 17.2. The fraction of sp³-hybridized carbons (Fsp3) is 0.690. The Bertz CT molecular complexity index is 595. The molecule has 0 radical (unpaired) electrons. The lowest BCUT2D eigenvalue weighted by molar-refractivity contribution is -0.142. The van der Waals surface area contributed by atoms with Crippen LogP contribution in [-0.4, -0.2) is 34.7 Å². The Morgan fingerprint density at radius 2 is 1.38 bits per heavy atom. The highest BCUT2D eigenvalue weighted by atomic mass is 32.1. The summed E-state index contributed by atoms with van der Waals surface area (Å²) >= 11 is 0. The lowest BCUT2D eigenvalue weighted by atomic mass is 9.99. The van der Waals surface area contributed by atoms with E-state index < -0.39 is 11.9 Å². The van der Waals surface area contributed by atoms with E-state index in [9.17, 15) is 14.4 Å². The molecule has 0 spiro atoms. The van der Waals surface area contributed by atoms with Crippen LogP contribution in [0, 0.1) is 17.8 Å². The zero-order chi connectivity index (χ0) is 26.9. The summed E-state index contributed by atoms with van der Waals surface area (Å²) in [5.41, 5.74) is 0. The van der Waals surface area contributed by atoms with Gasteiger partial charge in [0.05, 0.1) is 24.4 Å². The molecule has 0 aromatic rings. The maximum atomic E-state index is 11.0. The van der Waals surface area contributed by atoms with E-state index in [1.54, 1.807) is 6.92 Å². The van der Waals surface area contributed by atoms with Gasteiger partial charge >= 0.3 is 17.9 Å². The van der Waals surface area contributed by atoms with E-state index in [-0.39, 0.29) is 50.7 Å². The van der Waals surface area contributed by atoms with Crippen molar-refractivity contribution in [2.45, 2.75) is 104 Å². The van der Waals surface area contributed by atoms with Gasteiger partial charge in [0, 0.05) is 0 Å². The highest BCUT2D eigenvalue weighted by Gasteiger charge is 2.25. The number of carboxylic acid groups (broad SMARTS) is 2. The molecular formula is C29H54O6S2. The molecule has 0 saturated carbocycles. The van der Waals surface area contributed by atoms with Gasteiger partial charge in [0.15, 0.2) is 0 Å². The molecule has 2 N–H and O–H groups in total. The summed E-state index contributed by atoms with van der Waals surface area (Å²) < 4.78 is 4.86. The fourth-order valence-electron chi connectivity index (χ4n) is 3.52. The zero-order valence-electron chi connectivity index (χ0n) is 23.2. The van der Waals surface area contributed by atoms with Crippen LogP contribution in [0.5, 0.6) is 0 Å². The normalized spacial score (nSPS) is 15.0. The second kappa shape index (κ2) is 30.6. The van der Waals surface area contributed by atoms with Gasteiger partial charge < -0.3 is 14.9 Å². The summed E-state index contributed by atoms with van der Waals surface area (Å²) in [7, 11) is 0. The topological polar surface area (TPSA) is 101 Å². The van der Waals surface area contributed by atoms with E-state index in [4.69, 9.17) is 14.9 Å². The van der Waals surface area contributed by atoms with Crippen molar-refractivity contribution in [3.63, 3.8) is 0 Å². The molecule has 0 unspecified atom stereocenters. The summed E-state index contributed by atoms with van der Waals surface area (Å²) in [6.07, 6.45) is 19.3. The highest BCUT2D eigenvalue weighted by molar-refractivity contribution is 7.59. The molecule has 1 aliphatic rings. The minimum Gasteiger partial charge on any atom is -0.481 e. The molecule has 1 aliphatic heterocycles. The Labute approximate surface area is 239 Å². The van der Waals surface area contributed by atoms with Crippen molar-refractivity contribution in [3.05, 3.63) is 38.0 Å². The van der Waals surface area contributed by atoms with E-state index in [2.05, 4.69) is 19.7 Å². The molecule has 3 atom stereocenters. The molecule has 37 heavy (non-hydrogen) atoms. The number of allylic oxidation sites excluding steroid dienone is 3. The predicted molar refractivity (Wildman–Crippen MR) is 164 cm³/mol. The third-order valence-corrected chi connectivity index (χ3v) is 6.02. The van der Waals surface area contributed by atoms with E-state index in [0.717, 1.165) is 89.9 Å². The molecule has 0 aromatic carbocycles. The van der Waals surface area contributed by atoms with E-state index >= 15 is 0 Å². The van der Waals surface area contributed by atoms with Gasteiger partial charge in [-0.1, -0.05) is 51.3 Å². The minimum atomic E-state index is -0.691. The molecule has 0 bridgehead atoms. The zero-order valence-corrected chi connectivity index (χ0v) is 25.2. The van der Waals surface area contributed by atoms with Crippen molar-refractivity contribution in [1.82, 2.24) is 0 Å². The van der Waals surface area contributed by atoms with Gasteiger partial charge in [-0.25, -0.2) is 0 Å². The Morgan fingerprint density at radius 3 is 1.76 bits per heavy atom. The third-order valence-electron chi connectivity index (χ3n) is 6.02. The highest BCUT2D eigenvalue weighted by Crippen LogP contribution is 2.20.